The minimum absolute atomic E-state index is 0. The zero-order chi connectivity index (χ0) is 54.1. The molecule has 0 aromatic carbocycles. The fraction of sp³-hybridized carbons (Fsp3) is 0.852. The summed E-state index contributed by atoms with van der Waals surface area (Å²) < 4.78 is 21.1. The van der Waals surface area contributed by atoms with Crippen LogP contribution in [-0.2, 0) is 52.5 Å². The average Bonchev–Trinajstić information content (AvgIpc) is 3.88. The molecule has 12 nitrogen and oxygen atoms in total. The van der Waals surface area contributed by atoms with Gasteiger partial charge in [-0.25, -0.2) is 0 Å². The van der Waals surface area contributed by atoms with Gasteiger partial charge in [0.2, 0.25) is 0 Å². The molecule has 8 rings (SSSR count). The Morgan fingerprint density at radius 1 is 0.635 bits per heavy atom. The second-order valence-corrected chi connectivity index (χ2v) is 25.7. The molecule has 8 aliphatic carbocycles. The summed E-state index contributed by atoms with van der Waals surface area (Å²) in [6.45, 7) is 25.0. The number of carboxylic acids is 1. The van der Waals surface area contributed by atoms with Crippen LogP contribution in [0.1, 0.15) is 192 Å². The number of methoxy groups -OCH3 is 2. The number of aliphatic carboxylic acids is 1. The number of fused-ring (bicyclic) bond motifs is 10. The van der Waals surface area contributed by atoms with E-state index in [2.05, 4.69) is 74.5 Å². The molecule has 0 radical (unpaired) electrons. The first-order valence-corrected chi connectivity index (χ1v) is 28.7. The fourth-order valence-corrected chi connectivity index (χ4v) is 18.9. The Kier molecular flexibility index (Phi) is 22.0. The number of carboxylic acid groups (broad SMARTS) is 1. The number of allylic oxidation sites excluding steroid dienone is 2. The largest absolute Gasteiger partial charge is 1.00 e. The monoisotopic (exact) mass is 1150 g/mol. The molecule has 74 heavy (non-hydrogen) atoms. The summed E-state index contributed by atoms with van der Waals surface area (Å²) in [5.41, 5.74) is 0.355. The van der Waals surface area contributed by atoms with Crippen molar-refractivity contribution in [2.45, 2.75) is 204 Å². The minimum Gasteiger partial charge on any atom is -0.550 e. The van der Waals surface area contributed by atoms with Gasteiger partial charge in [0.05, 0.1) is 14.2 Å². The zero-order valence-corrected chi connectivity index (χ0v) is 54.7. The standard InChI is InChI=1S/C30H48O5.C29H44O5.C2H4O2.Cs/c1-8-21-24-16-20(35-19(4)31)13-14-29(24,5)25-15-18(3)30(6)22(17(2)9-12-26(32)34-7)10-11-23(30)27(25)28(21)33;1-7-20-24-16-19(34-18(3)30)12-14-29(24,5)23-13-15-28(4)21(17(2)8-11-25(31)33-6)9-10-22(28)26(23)27(20)32;1-2(3)4;/h17-18,20-25,27H,8-16H2,1-7H3;13,15,17,19-24,26H,7-12,14,16H2,1-6H3;1H3,(H,3,4);/q;;;+1/p-1/t17-,18+,20-,21-,22-,23?,24+,25?,27?,29+,30-;17-,19-,20-,21-,22?,23?,24+,26?,28-,29-;;/m11../s1. The first-order valence-electron chi connectivity index (χ1n) is 28.7. The van der Waals surface area contributed by atoms with Gasteiger partial charge in [0.25, 0.3) is 0 Å². The molecule has 0 bridgehead atoms. The van der Waals surface area contributed by atoms with Crippen LogP contribution in [0.25, 0.3) is 0 Å². The van der Waals surface area contributed by atoms with E-state index < -0.39 is 5.97 Å². The molecule has 0 aliphatic heterocycles. The average molecular weight is 1150 g/mol. The fourth-order valence-electron chi connectivity index (χ4n) is 18.9. The molecular weight excluding hydrogens is 1060 g/mol. The van der Waals surface area contributed by atoms with Gasteiger partial charge in [-0.3, -0.25) is 28.8 Å². The maximum Gasteiger partial charge on any atom is 1.00 e. The van der Waals surface area contributed by atoms with E-state index in [0.717, 1.165) is 103 Å². The third-order valence-electron chi connectivity index (χ3n) is 22.5. The summed E-state index contributed by atoms with van der Waals surface area (Å²) in [5, 5.41) is 8.89. The van der Waals surface area contributed by atoms with Gasteiger partial charge in [-0.1, -0.05) is 74.5 Å². The van der Waals surface area contributed by atoms with Crippen LogP contribution in [0.3, 0.4) is 0 Å². The van der Waals surface area contributed by atoms with Crippen LogP contribution < -0.4 is 74.0 Å². The SMILES string of the molecule is CC(=O)[O-].CC[C@H]1C(=O)C2C3CC[C@H]([C@H](C)CCC(=O)OC)[C@@]3(C)C=CC2[C@@]2(C)CC[C@@H](OC(C)=O)C[C@@H]12.CC[C@H]1C(=O)C2C3CC[C@H]([C@H](C)CCC(=O)OC)[C@@]3(C)[C@@H](C)CC2[C@@]2(C)CC[C@@H](OC(C)=O)C[C@@H]12.[Cs+]. The van der Waals surface area contributed by atoms with E-state index in [1.54, 1.807) is 0 Å². The smallest absolute Gasteiger partial charge is 0.550 e. The van der Waals surface area contributed by atoms with Crippen molar-refractivity contribution >= 4 is 41.4 Å². The van der Waals surface area contributed by atoms with Gasteiger partial charge in [-0.2, -0.15) is 0 Å². The van der Waals surface area contributed by atoms with Crippen molar-refractivity contribution in [2.24, 2.45) is 110 Å². The van der Waals surface area contributed by atoms with E-state index >= 15 is 0 Å². The maximum absolute atomic E-state index is 14.3. The number of carbonyl (C=O) groups is 7. The van der Waals surface area contributed by atoms with Gasteiger partial charge in [0.15, 0.2) is 0 Å². The van der Waals surface area contributed by atoms with E-state index in [0.29, 0.717) is 77.7 Å². The Labute approximate surface area is 504 Å². The molecule has 7 saturated carbocycles. The number of hydrogen-bond acceptors (Lipinski definition) is 12. The molecule has 8 aliphatic rings. The predicted molar refractivity (Wildman–Crippen MR) is 277 cm³/mol. The number of esters is 4. The van der Waals surface area contributed by atoms with E-state index in [4.69, 9.17) is 28.8 Å². The molecule has 0 amide bonds. The Bertz CT molecular complexity index is 2070. The number of rotatable bonds is 12. The molecule has 7 fully saturated rings. The van der Waals surface area contributed by atoms with E-state index in [1.807, 2.05) is 0 Å². The van der Waals surface area contributed by atoms with Crippen LogP contribution in [0.4, 0.5) is 0 Å². The number of Topliss-reactive ketones (excluding diaryl/α,β-unsaturated/α-hetero) is 2. The van der Waals surface area contributed by atoms with Gasteiger partial charge in [-0.15, -0.1) is 0 Å². The van der Waals surface area contributed by atoms with Crippen LogP contribution in [0, 0.1) is 110 Å². The maximum atomic E-state index is 14.3. The molecule has 0 heterocycles. The number of ether oxygens (including phenoxy) is 4. The molecule has 0 spiro atoms. The van der Waals surface area contributed by atoms with Crippen LogP contribution >= 0.6 is 0 Å². The summed E-state index contributed by atoms with van der Waals surface area (Å²) >= 11 is 0. The number of hydrogen-bond donors (Lipinski definition) is 0. The van der Waals surface area contributed by atoms with E-state index in [-0.39, 0.29) is 162 Å². The van der Waals surface area contributed by atoms with E-state index in [1.165, 1.54) is 28.1 Å². The van der Waals surface area contributed by atoms with Crippen molar-refractivity contribution in [1.82, 2.24) is 0 Å². The van der Waals surface area contributed by atoms with Gasteiger partial charge in [-0.05, 0) is 190 Å². The summed E-state index contributed by atoms with van der Waals surface area (Å²) in [4.78, 5) is 84.1. The third-order valence-corrected chi connectivity index (χ3v) is 22.5. The summed E-state index contributed by atoms with van der Waals surface area (Å²) in [5.74, 6) is 4.13. The molecular formula is C61H95CsO12. The number of ketones is 2. The Balaban J connectivity index is 0.000000252. The van der Waals surface area contributed by atoms with Crippen molar-refractivity contribution < 1.29 is 127 Å². The normalized spacial score (nSPS) is 42.1. The second kappa shape index (κ2) is 25.7. The zero-order valence-electron chi connectivity index (χ0n) is 48.4. The Hall–Kier alpha value is -1.52. The molecule has 0 aromatic heterocycles. The van der Waals surface area contributed by atoms with Crippen molar-refractivity contribution in [1.29, 1.82) is 0 Å². The first-order chi connectivity index (χ1) is 34.3. The molecule has 13 heteroatoms. The Morgan fingerprint density at radius 3 is 1.57 bits per heavy atom. The summed E-state index contributed by atoms with van der Waals surface area (Å²) in [7, 11) is 2.92. The van der Waals surface area contributed by atoms with Gasteiger partial charge < -0.3 is 28.8 Å². The van der Waals surface area contributed by atoms with Crippen molar-refractivity contribution in [3.63, 3.8) is 0 Å². The number of carbonyl (C=O) groups excluding carboxylic acids is 7. The van der Waals surface area contributed by atoms with Crippen molar-refractivity contribution in [3.8, 4) is 0 Å². The quantitative estimate of drug-likeness (QED) is 0.106. The van der Waals surface area contributed by atoms with Gasteiger partial charge in [0, 0.05) is 56.3 Å². The molecule has 21 atom stereocenters. The third kappa shape index (κ3) is 12.3. The Morgan fingerprint density at radius 2 is 1.08 bits per heavy atom. The summed E-state index contributed by atoms with van der Waals surface area (Å²) in [6, 6.07) is 0. The van der Waals surface area contributed by atoms with Crippen molar-refractivity contribution in [3.05, 3.63) is 12.2 Å². The van der Waals surface area contributed by atoms with Crippen LogP contribution in [0.5, 0.6) is 0 Å². The van der Waals surface area contributed by atoms with Crippen LogP contribution in [-0.4, -0.2) is 67.8 Å². The second-order valence-electron chi connectivity index (χ2n) is 25.7. The van der Waals surface area contributed by atoms with Gasteiger partial charge >= 0.3 is 92.8 Å². The van der Waals surface area contributed by atoms with Gasteiger partial charge in [0.1, 0.15) is 23.8 Å². The van der Waals surface area contributed by atoms with E-state index in [9.17, 15) is 28.8 Å². The molecule has 6 unspecified atom stereocenters. The topological polar surface area (TPSA) is 179 Å². The molecule has 0 N–H and O–H groups in total. The first kappa shape index (κ1) is 63.3. The van der Waals surface area contributed by atoms with Crippen LogP contribution in [0.2, 0.25) is 0 Å². The summed E-state index contributed by atoms with van der Waals surface area (Å²) in [6.07, 6.45) is 20.3. The van der Waals surface area contributed by atoms with Crippen molar-refractivity contribution in [2.75, 3.05) is 14.2 Å². The predicted octanol–water partition coefficient (Wildman–Crippen LogP) is 7.75. The minimum atomic E-state index is -1.08. The molecule has 412 valence electrons. The molecule has 0 aromatic rings. The molecule has 0 saturated heterocycles. The van der Waals surface area contributed by atoms with Crippen LogP contribution in [0.15, 0.2) is 12.2 Å².